The SMILES string of the molecule is CCC(C)NC(=O)c1ccc(C)c(C#CCN)c1. The molecule has 0 aromatic heterocycles. The van der Waals surface area contributed by atoms with Crippen LogP contribution < -0.4 is 11.1 Å². The first-order valence-electron chi connectivity index (χ1n) is 6.19. The molecule has 1 unspecified atom stereocenters. The Bertz CT molecular complexity index is 483. The van der Waals surface area contributed by atoms with Crippen LogP contribution in [0.5, 0.6) is 0 Å². The van der Waals surface area contributed by atoms with Crippen LogP contribution in [-0.2, 0) is 0 Å². The molecule has 0 aliphatic carbocycles. The first-order valence-corrected chi connectivity index (χ1v) is 6.19. The summed E-state index contributed by atoms with van der Waals surface area (Å²) in [5.41, 5.74) is 7.91. The molecular formula is C15H20N2O. The second-order valence-corrected chi connectivity index (χ2v) is 4.32. The van der Waals surface area contributed by atoms with Crippen molar-refractivity contribution in [2.24, 2.45) is 5.73 Å². The van der Waals surface area contributed by atoms with E-state index in [1.54, 1.807) is 0 Å². The molecule has 96 valence electrons. The van der Waals surface area contributed by atoms with Crippen molar-refractivity contribution in [3.63, 3.8) is 0 Å². The fraction of sp³-hybridized carbons (Fsp3) is 0.400. The van der Waals surface area contributed by atoms with Crippen molar-refractivity contribution in [2.75, 3.05) is 6.54 Å². The van der Waals surface area contributed by atoms with E-state index in [4.69, 9.17) is 5.73 Å². The van der Waals surface area contributed by atoms with Crippen molar-refractivity contribution in [3.8, 4) is 11.8 Å². The fourth-order valence-corrected chi connectivity index (χ4v) is 1.45. The van der Waals surface area contributed by atoms with Crippen LogP contribution in [0.25, 0.3) is 0 Å². The van der Waals surface area contributed by atoms with Gasteiger partial charge in [-0.15, -0.1) is 0 Å². The second kappa shape index (κ2) is 6.83. The first kappa shape index (κ1) is 14.3. The van der Waals surface area contributed by atoms with E-state index < -0.39 is 0 Å². The van der Waals surface area contributed by atoms with Gasteiger partial charge in [-0.1, -0.05) is 24.8 Å². The molecule has 1 atom stereocenters. The van der Waals surface area contributed by atoms with E-state index >= 15 is 0 Å². The highest BCUT2D eigenvalue weighted by molar-refractivity contribution is 5.94. The van der Waals surface area contributed by atoms with Gasteiger partial charge in [-0.3, -0.25) is 4.79 Å². The Balaban J connectivity index is 2.94. The molecule has 1 aromatic rings. The van der Waals surface area contributed by atoms with E-state index in [0.29, 0.717) is 12.1 Å². The summed E-state index contributed by atoms with van der Waals surface area (Å²) in [5.74, 6) is 5.73. The highest BCUT2D eigenvalue weighted by Gasteiger charge is 2.09. The standard InChI is InChI=1S/C15H20N2O/c1-4-12(3)17-15(18)14-8-7-11(2)13(10-14)6-5-9-16/h7-8,10,12H,4,9,16H2,1-3H3,(H,17,18). The zero-order valence-corrected chi connectivity index (χ0v) is 11.2. The van der Waals surface area contributed by atoms with Gasteiger partial charge in [0.05, 0.1) is 6.54 Å². The van der Waals surface area contributed by atoms with Crippen LogP contribution in [0.4, 0.5) is 0 Å². The van der Waals surface area contributed by atoms with Crippen molar-refractivity contribution < 1.29 is 4.79 Å². The summed E-state index contributed by atoms with van der Waals surface area (Å²) in [7, 11) is 0. The Kier molecular flexibility index (Phi) is 5.41. The number of nitrogens with two attached hydrogens (primary N) is 1. The smallest absolute Gasteiger partial charge is 0.251 e. The van der Waals surface area contributed by atoms with Gasteiger partial charge < -0.3 is 11.1 Å². The maximum Gasteiger partial charge on any atom is 0.251 e. The molecule has 1 aromatic carbocycles. The van der Waals surface area contributed by atoms with E-state index in [9.17, 15) is 4.79 Å². The lowest BCUT2D eigenvalue weighted by molar-refractivity contribution is 0.0939. The summed E-state index contributed by atoms with van der Waals surface area (Å²) in [4.78, 5) is 12.0. The number of benzene rings is 1. The van der Waals surface area contributed by atoms with Gasteiger partial charge in [-0.2, -0.15) is 0 Å². The average molecular weight is 244 g/mol. The Morgan fingerprint density at radius 1 is 1.50 bits per heavy atom. The van der Waals surface area contributed by atoms with Crippen LogP contribution in [-0.4, -0.2) is 18.5 Å². The van der Waals surface area contributed by atoms with Crippen molar-refractivity contribution in [1.82, 2.24) is 5.32 Å². The normalized spacial score (nSPS) is 11.3. The summed E-state index contributed by atoms with van der Waals surface area (Å²) >= 11 is 0. The molecule has 0 saturated carbocycles. The number of amides is 1. The summed E-state index contributed by atoms with van der Waals surface area (Å²) in [6, 6.07) is 5.72. The number of carbonyl (C=O) groups is 1. The lowest BCUT2D eigenvalue weighted by Gasteiger charge is -2.11. The summed E-state index contributed by atoms with van der Waals surface area (Å²) in [6.45, 7) is 6.32. The van der Waals surface area contributed by atoms with Gasteiger partial charge in [-0.05, 0) is 38.0 Å². The molecule has 1 amide bonds. The van der Waals surface area contributed by atoms with Crippen molar-refractivity contribution >= 4 is 5.91 Å². The molecule has 3 nitrogen and oxygen atoms in total. The number of hydrogen-bond acceptors (Lipinski definition) is 2. The maximum atomic E-state index is 12.0. The molecule has 0 fully saturated rings. The Labute approximate surface area is 109 Å². The van der Waals surface area contributed by atoms with E-state index in [0.717, 1.165) is 17.5 Å². The van der Waals surface area contributed by atoms with Crippen LogP contribution in [0.3, 0.4) is 0 Å². The van der Waals surface area contributed by atoms with E-state index in [-0.39, 0.29) is 11.9 Å². The molecule has 1 rings (SSSR count). The van der Waals surface area contributed by atoms with Gasteiger partial charge in [0.15, 0.2) is 0 Å². The van der Waals surface area contributed by atoms with Gasteiger partial charge >= 0.3 is 0 Å². The molecule has 0 heterocycles. The predicted molar refractivity (Wildman–Crippen MR) is 74.3 cm³/mol. The van der Waals surface area contributed by atoms with Gasteiger partial charge in [0.1, 0.15) is 0 Å². The van der Waals surface area contributed by atoms with Gasteiger partial charge in [0.2, 0.25) is 0 Å². The molecular weight excluding hydrogens is 224 g/mol. The minimum atomic E-state index is -0.0554. The van der Waals surface area contributed by atoms with Crippen LogP contribution in [0.2, 0.25) is 0 Å². The Hall–Kier alpha value is -1.79. The highest BCUT2D eigenvalue weighted by atomic mass is 16.1. The van der Waals surface area contributed by atoms with E-state index in [2.05, 4.69) is 17.2 Å². The van der Waals surface area contributed by atoms with Crippen molar-refractivity contribution in [2.45, 2.75) is 33.2 Å². The molecule has 3 heteroatoms. The topological polar surface area (TPSA) is 55.1 Å². The first-order chi connectivity index (χ1) is 8.58. The summed E-state index contributed by atoms with van der Waals surface area (Å²) < 4.78 is 0. The number of nitrogens with one attached hydrogen (secondary N) is 1. The van der Waals surface area contributed by atoms with Crippen molar-refractivity contribution in [1.29, 1.82) is 0 Å². The van der Waals surface area contributed by atoms with Gasteiger partial charge in [-0.25, -0.2) is 0 Å². The third-order valence-electron chi connectivity index (χ3n) is 2.81. The molecule has 0 radical (unpaired) electrons. The number of hydrogen-bond donors (Lipinski definition) is 2. The molecule has 18 heavy (non-hydrogen) atoms. The quantitative estimate of drug-likeness (QED) is 0.797. The lowest BCUT2D eigenvalue weighted by Crippen LogP contribution is -2.31. The Morgan fingerprint density at radius 2 is 2.22 bits per heavy atom. The monoisotopic (exact) mass is 244 g/mol. The molecule has 0 spiro atoms. The predicted octanol–water partition coefficient (Wildman–Crippen LogP) is 1.83. The molecule has 0 aliphatic rings. The fourth-order valence-electron chi connectivity index (χ4n) is 1.45. The van der Waals surface area contributed by atoms with Crippen LogP contribution in [0.15, 0.2) is 18.2 Å². The third-order valence-corrected chi connectivity index (χ3v) is 2.81. The molecule has 0 aliphatic heterocycles. The zero-order valence-electron chi connectivity index (χ0n) is 11.2. The maximum absolute atomic E-state index is 12.0. The number of aryl methyl sites for hydroxylation is 1. The van der Waals surface area contributed by atoms with E-state index in [1.165, 1.54) is 0 Å². The molecule has 0 saturated heterocycles. The zero-order chi connectivity index (χ0) is 13.5. The second-order valence-electron chi connectivity index (χ2n) is 4.32. The van der Waals surface area contributed by atoms with Gasteiger partial charge in [0, 0.05) is 17.2 Å². The summed E-state index contributed by atoms with van der Waals surface area (Å²) in [6.07, 6.45) is 0.914. The molecule has 3 N–H and O–H groups in total. The number of carbonyl (C=O) groups excluding carboxylic acids is 1. The molecule has 0 bridgehead atoms. The van der Waals surface area contributed by atoms with Gasteiger partial charge in [0.25, 0.3) is 5.91 Å². The van der Waals surface area contributed by atoms with E-state index in [1.807, 2.05) is 39.0 Å². The average Bonchev–Trinajstić information content (AvgIpc) is 2.37. The van der Waals surface area contributed by atoms with Crippen LogP contribution >= 0.6 is 0 Å². The number of rotatable bonds is 3. The minimum absolute atomic E-state index is 0.0554. The third kappa shape index (κ3) is 3.90. The minimum Gasteiger partial charge on any atom is -0.350 e. The Morgan fingerprint density at radius 3 is 2.83 bits per heavy atom. The van der Waals surface area contributed by atoms with Crippen LogP contribution in [0.1, 0.15) is 41.8 Å². The van der Waals surface area contributed by atoms with Crippen molar-refractivity contribution in [3.05, 3.63) is 34.9 Å². The largest absolute Gasteiger partial charge is 0.350 e. The highest BCUT2D eigenvalue weighted by Crippen LogP contribution is 2.10. The van der Waals surface area contributed by atoms with Crippen LogP contribution in [0, 0.1) is 18.8 Å². The lowest BCUT2D eigenvalue weighted by atomic mass is 10.0. The summed E-state index contributed by atoms with van der Waals surface area (Å²) in [5, 5.41) is 2.94.